The molecule has 24 heavy (non-hydrogen) atoms. The SMILES string of the molecule is COc1ccc(Cl)cc1S(=O)(=O)N[C@@H](Cc1ccccc1)C(N)=O. The molecule has 0 aromatic heterocycles. The summed E-state index contributed by atoms with van der Waals surface area (Å²) in [6, 6.07) is 12.1. The van der Waals surface area contributed by atoms with Crippen molar-refractivity contribution in [2.75, 3.05) is 7.11 Å². The molecule has 0 aliphatic heterocycles. The van der Waals surface area contributed by atoms with E-state index in [1.54, 1.807) is 24.3 Å². The van der Waals surface area contributed by atoms with E-state index in [0.717, 1.165) is 5.56 Å². The van der Waals surface area contributed by atoms with Crippen molar-refractivity contribution in [2.45, 2.75) is 17.4 Å². The summed E-state index contributed by atoms with van der Waals surface area (Å²) < 4.78 is 32.6. The Morgan fingerprint density at radius 1 is 1.25 bits per heavy atom. The number of hydrogen-bond acceptors (Lipinski definition) is 4. The smallest absolute Gasteiger partial charge is 0.245 e. The summed E-state index contributed by atoms with van der Waals surface area (Å²) >= 11 is 5.87. The minimum atomic E-state index is -4.05. The van der Waals surface area contributed by atoms with Crippen molar-refractivity contribution in [3.05, 3.63) is 59.1 Å². The summed E-state index contributed by atoms with van der Waals surface area (Å²) in [7, 11) is -2.71. The van der Waals surface area contributed by atoms with Gasteiger partial charge in [-0.2, -0.15) is 4.72 Å². The first-order valence-electron chi connectivity index (χ1n) is 7.02. The molecule has 1 atom stereocenters. The number of halogens is 1. The molecule has 128 valence electrons. The van der Waals surface area contributed by atoms with Crippen molar-refractivity contribution < 1.29 is 17.9 Å². The molecule has 0 saturated carbocycles. The van der Waals surface area contributed by atoms with Crippen LogP contribution in [0, 0.1) is 0 Å². The van der Waals surface area contributed by atoms with Crippen LogP contribution < -0.4 is 15.2 Å². The van der Waals surface area contributed by atoms with E-state index in [1.165, 1.54) is 25.3 Å². The first-order valence-corrected chi connectivity index (χ1v) is 8.88. The number of methoxy groups -OCH3 is 1. The first-order chi connectivity index (χ1) is 11.3. The summed E-state index contributed by atoms with van der Waals surface area (Å²) in [6.45, 7) is 0. The quantitative estimate of drug-likeness (QED) is 0.777. The first kappa shape index (κ1) is 18.3. The van der Waals surface area contributed by atoms with Gasteiger partial charge in [0.2, 0.25) is 15.9 Å². The van der Waals surface area contributed by atoms with Crippen molar-refractivity contribution in [3.63, 3.8) is 0 Å². The maximum absolute atomic E-state index is 12.6. The van der Waals surface area contributed by atoms with Crippen LogP contribution in [0.2, 0.25) is 5.02 Å². The lowest BCUT2D eigenvalue weighted by Gasteiger charge is -2.17. The number of hydrogen-bond donors (Lipinski definition) is 2. The van der Waals surface area contributed by atoms with Gasteiger partial charge in [0.05, 0.1) is 7.11 Å². The van der Waals surface area contributed by atoms with Crippen molar-refractivity contribution in [1.29, 1.82) is 0 Å². The third-order valence-electron chi connectivity index (χ3n) is 3.34. The molecular weight excluding hydrogens is 352 g/mol. The molecule has 1 amide bonds. The molecule has 0 saturated heterocycles. The summed E-state index contributed by atoms with van der Waals surface area (Å²) in [5.41, 5.74) is 6.13. The lowest BCUT2D eigenvalue weighted by molar-refractivity contribution is -0.119. The highest BCUT2D eigenvalue weighted by Crippen LogP contribution is 2.27. The van der Waals surface area contributed by atoms with Crippen LogP contribution in [0.4, 0.5) is 0 Å². The van der Waals surface area contributed by atoms with E-state index in [-0.39, 0.29) is 22.1 Å². The van der Waals surface area contributed by atoms with Gasteiger partial charge in [0.1, 0.15) is 16.7 Å². The number of amides is 1. The molecule has 3 N–H and O–H groups in total. The van der Waals surface area contributed by atoms with Gasteiger partial charge >= 0.3 is 0 Å². The van der Waals surface area contributed by atoms with Gasteiger partial charge in [-0.1, -0.05) is 41.9 Å². The molecular formula is C16H17ClN2O4S. The standard InChI is InChI=1S/C16H17ClN2O4S/c1-23-14-8-7-12(17)10-15(14)24(21,22)19-13(16(18)20)9-11-5-3-2-4-6-11/h2-8,10,13,19H,9H2,1H3,(H2,18,20)/t13-/m0/s1. The van der Waals surface area contributed by atoms with Crippen LogP contribution in [-0.4, -0.2) is 27.5 Å². The zero-order valence-corrected chi connectivity index (χ0v) is 14.5. The van der Waals surface area contributed by atoms with Gasteiger partial charge in [-0.15, -0.1) is 0 Å². The number of carbonyl (C=O) groups excluding carboxylic acids is 1. The fourth-order valence-corrected chi connectivity index (χ4v) is 3.80. The van der Waals surface area contributed by atoms with Crippen molar-refractivity contribution in [3.8, 4) is 5.75 Å². The van der Waals surface area contributed by atoms with E-state index in [0.29, 0.717) is 0 Å². The molecule has 2 aromatic carbocycles. The Labute approximate surface area is 145 Å². The molecule has 0 heterocycles. The van der Waals surface area contributed by atoms with Gasteiger partial charge in [0, 0.05) is 5.02 Å². The fraction of sp³-hybridized carbons (Fsp3) is 0.188. The van der Waals surface area contributed by atoms with Gasteiger partial charge in [-0.25, -0.2) is 8.42 Å². The fourth-order valence-electron chi connectivity index (χ4n) is 2.16. The molecule has 2 rings (SSSR count). The normalized spacial score (nSPS) is 12.6. The van der Waals surface area contributed by atoms with E-state index < -0.39 is 22.0 Å². The van der Waals surface area contributed by atoms with E-state index in [2.05, 4.69) is 4.72 Å². The lowest BCUT2D eigenvalue weighted by atomic mass is 10.1. The maximum Gasteiger partial charge on any atom is 0.245 e. The zero-order valence-electron chi connectivity index (χ0n) is 12.9. The molecule has 0 fully saturated rings. The second-order valence-electron chi connectivity index (χ2n) is 5.06. The Hall–Kier alpha value is -2.09. The second-order valence-corrected chi connectivity index (χ2v) is 7.18. The lowest BCUT2D eigenvalue weighted by Crippen LogP contribution is -2.45. The van der Waals surface area contributed by atoms with Crippen LogP contribution in [0.5, 0.6) is 5.75 Å². The number of sulfonamides is 1. The number of benzene rings is 2. The van der Waals surface area contributed by atoms with Crippen molar-refractivity contribution in [1.82, 2.24) is 4.72 Å². The predicted molar refractivity (Wildman–Crippen MR) is 91.5 cm³/mol. The Bertz CT molecular complexity index is 825. The second kappa shape index (κ2) is 7.65. The highest BCUT2D eigenvalue weighted by atomic mass is 35.5. The Kier molecular flexibility index (Phi) is 5.82. The third-order valence-corrected chi connectivity index (χ3v) is 5.07. The average Bonchev–Trinajstić information content (AvgIpc) is 2.55. The van der Waals surface area contributed by atoms with Crippen LogP contribution in [0.1, 0.15) is 5.56 Å². The molecule has 2 aromatic rings. The number of rotatable bonds is 7. The van der Waals surface area contributed by atoms with Crippen molar-refractivity contribution >= 4 is 27.5 Å². The van der Waals surface area contributed by atoms with Crippen LogP contribution in [-0.2, 0) is 21.2 Å². The Morgan fingerprint density at radius 3 is 2.50 bits per heavy atom. The number of nitrogens with two attached hydrogens (primary N) is 1. The predicted octanol–water partition coefficient (Wildman–Crippen LogP) is 1.72. The van der Waals surface area contributed by atoms with Gasteiger partial charge in [0.25, 0.3) is 0 Å². The number of primary amides is 1. The summed E-state index contributed by atoms with van der Waals surface area (Å²) in [5.74, 6) is -0.654. The molecule has 0 bridgehead atoms. The van der Waals surface area contributed by atoms with Crippen molar-refractivity contribution in [2.24, 2.45) is 5.73 Å². The summed E-state index contributed by atoms with van der Waals surface area (Å²) in [5, 5.41) is 0.231. The molecule has 0 unspecified atom stereocenters. The summed E-state index contributed by atoms with van der Waals surface area (Å²) in [4.78, 5) is 11.5. The van der Waals surface area contributed by atoms with Gasteiger partial charge in [-0.3, -0.25) is 4.79 Å². The number of nitrogens with one attached hydrogen (secondary N) is 1. The Morgan fingerprint density at radius 2 is 1.92 bits per heavy atom. The third kappa shape index (κ3) is 4.47. The monoisotopic (exact) mass is 368 g/mol. The molecule has 0 radical (unpaired) electrons. The molecule has 8 heteroatoms. The number of carbonyl (C=O) groups is 1. The highest BCUT2D eigenvalue weighted by molar-refractivity contribution is 7.89. The molecule has 6 nitrogen and oxygen atoms in total. The van der Waals surface area contributed by atoms with Crippen LogP contribution in [0.15, 0.2) is 53.4 Å². The topological polar surface area (TPSA) is 98.5 Å². The molecule has 0 spiro atoms. The minimum absolute atomic E-state index is 0.120. The van der Waals surface area contributed by atoms with Gasteiger partial charge < -0.3 is 10.5 Å². The van der Waals surface area contributed by atoms with E-state index in [1.807, 2.05) is 6.07 Å². The Balaban J connectivity index is 2.31. The highest BCUT2D eigenvalue weighted by Gasteiger charge is 2.27. The van der Waals surface area contributed by atoms with Crippen LogP contribution in [0.25, 0.3) is 0 Å². The minimum Gasteiger partial charge on any atom is -0.495 e. The van der Waals surface area contributed by atoms with E-state index >= 15 is 0 Å². The summed E-state index contributed by atoms with van der Waals surface area (Å²) in [6.07, 6.45) is 0.137. The maximum atomic E-state index is 12.6. The van der Waals surface area contributed by atoms with Gasteiger partial charge in [-0.05, 0) is 30.2 Å². The molecule has 0 aliphatic carbocycles. The largest absolute Gasteiger partial charge is 0.495 e. The average molecular weight is 369 g/mol. The number of ether oxygens (including phenoxy) is 1. The zero-order chi connectivity index (χ0) is 17.7. The van der Waals surface area contributed by atoms with E-state index in [4.69, 9.17) is 22.1 Å². The van der Waals surface area contributed by atoms with Crippen LogP contribution in [0.3, 0.4) is 0 Å². The van der Waals surface area contributed by atoms with Gasteiger partial charge in [0.15, 0.2) is 0 Å². The van der Waals surface area contributed by atoms with E-state index in [9.17, 15) is 13.2 Å². The molecule has 0 aliphatic rings. The van der Waals surface area contributed by atoms with Crippen LogP contribution >= 0.6 is 11.6 Å².